The van der Waals surface area contributed by atoms with Crippen LogP contribution < -0.4 is 14.9 Å². The Kier molecular flexibility index (Phi) is 7.72. The molecule has 172 valence electrons. The van der Waals surface area contributed by atoms with Gasteiger partial charge in [-0.2, -0.15) is 18.2 Å². The van der Waals surface area contributed by atoms with E-state index in [9.17, 15) is 22.0 Å². The summed E-state index contributed by atoms with van der Waals surface area (Å²) in [4.78, 5) is 12.4. The molecule has 9 nitrogen and oxygen atoms in total. The second-order valence-electron chi connectivity index (χ2n) is 6.53. The standard InChI is InChI=1S/C20H21F2N3O6S/c1-29-18-11-14(5-6-17(18)31-20(21)22)13-23-24-19(26)15-3-2-4-16(12-15)32(27,28)25-7-9-30-10-8-25/h2-6,11-13,20H,7-10H2,1H3,(H,24,26)/b23-13+. The molecule has 1 saturated heterocycles. The maximum Gasteiger partial charge on any atom is 0.387 e. The monoisotopic (exact) mass is 469 g/mol. The molecule has 2 aromatic rings. The number of amides is 1. The van der Waals surface area contributed by atoms with Gasteiger partial charge in [-0.3, -0.25) is 4.79 Å². The van der Waals surface area contributed by atoms with E-state index in [1.54, 1.807) is 0 Å². The lowest BCUT2D eigenvalue weighted by Gasteiger charge is -2.26. The number of hydrogen-bond acceptors (Lipinski definition) is 7. The molecule has 0 radical (unpaired) electrons. The molecule has 3 rings (SSSR count). The second-order valence-corrected chi connectivity index (χ2v) is 8.47. The van der Waals surface area contributed by atoms with Crippen molar-refractivity contribution in [3.8, 4) is 11.5 Å². The third-order valence-corrected chi connectivity index (χ3v) is 6.38. The molecule has 0 saturated carbocycles. The van der Waals surface area contributed by atoms with Crippen LogP contribution >= 0.6 is 0 Å². The molecule has 1 fully saturated rings. The zero-order valence-corrected chi connectivity index (χ0v) is 17.8. The highest BCUT2D eigenvalue weighted by molar-refractivity contribution is 7.89. The van der Waals surface area contributed by atoms with Gasteiger partial charge in [0, 0.05) is 18.7 Å². The van der Waals surface area contributed by atoms with Crippen molar-refractivity contribution in [3.05, 3.63) is 53.6 Å². The van der Waals surface area contributed by atoms with Crippen LogP contribution in [-0.4, -0.2) is 64.9 Å². The van der Waals surface area contributed by atoms with Crippen molar-refractivity contribution in [1.29, 1.82) is 0 Å². The SMILES string of the molecule is COc1cc(/C=N/NC(=O)c2cccc(S(=O)(=O)N3CCOCC3)c2)ccc1OC(F)F. The predicted molar refractivity (Wildman–Crippen MR) is 111 cm³/mol. The van der Waals surface area contributed by atoms with Crippen molar-refractivity contribution in [1.82, 2.24) is 9.73 Å². The normalized spacial score (nSPS) is 15.1. The number of rotatable bonds is 8. The van der Waals surface area contributed by atoms with Gasteiger partial charge in [0.2, 0.25) is 10.0 Å². The summed E-state index contributed by atoms with van der Waals surface area (Å²) in [6.07, 6.45) is 1.28. The van der Waals surface area contributed by atoms with Crippen molar-refractivity contribution in [2.45, 2.75) is 11.5 Å². The highest BCUT2D eigenvalue weighted by Crippen LogP contribution is 2.29. The number of hydrogen-bond donors (Lipinski definition) is 1. The number of morpholine rings is 1. The summed E-state index contributed by atoms with van der Waals surface area (Å²) in [5, 5.41) is 3.82. The van der Waals surface area contributed by atoms with Gasteiger partial charge in [0.25, 0.3) is 5.91 Å². The summed E-state index contributed by atoms with van der Waals surface area (Å²) in [5.41, 5.74) is 2.86. The van der Waals surface area contributed by atoms with Crippen molar-refractivity contribution in [2.24, 2.45) is 5.10 Å². The fraction of sp³-hybridized carbons (Fsp3) is 0.300. The van der Waals surface area contributed by atoms with Crippen molar-refractivity contribution in [3.63, 3.8) is 0 Å². The number of carbonyl (C=O) groups is 1. The summed E-state index contributed by atoms with van der Waals surface area (Å²) in [7, 11) is -2.45. The van der Waals surface area contributed by atoms with Gasteiger partial charge in [0.05, 0.1) is 31.4 Å². The number of sulfonamides is 1. The molecular weight excluding hydrogens is 448 g/mol. The van der Waals surface area contributed by atoms with Gasteiger partial charge in [-0.15, -0.1) is 0 Å². The molecule has 0 bridgehead atoms. The maximum atomic E-state index is 12.8. The van der Waals surface area contributed by atoms with E-state index in [1.165, 1.54) is 60.1 Å². The molecule has 0 spiro atoms. The van der Waals surface area contributed by atoms with Gasteiger partial charge in [0.1, 0.15) is 0 Å². The molecule has 0 unspecified atom stereocenters. The van der Waals surface area contributed by atoms with E-state index in [1.807, 2.05) is 0 Å². The molecule has 1 heterocycles. The minimum absolute atomic E-state index is 0.00427. The zero-order valence-electron chi connectivity index (χ0n) is 17.0. The summed E-state index contributed by atoms with van der Waals surface area (Å²) in [6, 6.07) is 9.76. The van der Waals surface area contributed by atoms with Gasteiger partial charge in [-0.1, -0.05) is 6.07 Å². The highest BCUT2D eigenvalue weighted by Gasteiger charge is 2.26. The number of hydrazone groups is 1. The first-order valence-corrected chi connectivity index (χ1v) is 10.9. The molecule has 12 heteroatoms. The fourth-order valence-electron chi connectivity index (χ4n) is 2.92. The first kappa shape index (κ1) is 23.6. The summed E-state index contributed by atoms with van der Waals surface area (Å²) < 4.78 is 66.1. The number of ether oxygens (including phenoxy) is 3. The Morgan fingerprint density at radius 1 is 1.19 bits per heavy atom. The van der Waals surface area contributed by atoms with E-state index in [0.29, 0.717) is 18.8 Å². The van der Waals surface area contributed by atoms with Gasteiger partial charge in [0.15, 0.2) is 11.5 Å². The quantitative estimate of drug-likeness (QED) is 0.469. The number of carbonyl (C=O) groups excluding carboxylic acids is 1. The molecule has 32 heavy (non-hydrogen) atoms. The Hall–Kier alpha value is -3.09. The Morgan fingerprint density at radius 2 is 1.94 bits per heavy atom. The van der Waals surface area contributed by atoms with Crippen LogP contribution in [0.2, 0.25) is 0 Å². The van der Waals surface area contributed by atoms with Gasteiger partial charge >= 0.3 is 6.61 Å². The lowest BCUT2D eigenvalue weighted by Crippen LogP contribution is -2.40. The second kappa shape index (κ2) is 10.5. The molecule has 0 aliphatic carbocycles. The third kappa shape index (κ3) is 5.78. The van der Waals surface area contributed by atoms with Crippen molar-refractivity contribution < 1.29 is 36.2 Å². The number of benzene rings is 2. The molecule has 1 aliphatic heterocycles. The molecule has 2 aromatic carbocycles. The minimum atomic E-state index is -3.75. The first-order chi connectivity index (χ1) is 15.3. The van der Waals surface area contributed by atoms with Crippen LogP contribution in [0.4, 0.5) is 8.78 Å². The van der Waals surface area contributed by atoms with Crippen LogP contribution in [0.1, 0.15) is 15.9 Å². The predicted octanol–water partition coefficient (Wildman–Crippen LogP) is 2.08. The van der Waals surface area contributed by atoms with Crippen molar-refractivity contribution in [2.75, 3.05) is 33.4 Å². The smallest absolute Gasteiger partial charge is 0.387 e. The lowest BCUT2D eigenvalue weighted by atomic mass is 10.2. The van der Waals surface area contributed by atoms with Gasteiger partial charge in [-0.25, -0.2) is 13.8 Å². The molecule has 1 N–H and O–H groups in total. The average Bonchev–Trinajstić information content (AvgIpc) is 2.80. The summed E-state index contributed by atoms with van der Waals surface area (Å²) in [5.74, 6) is -0.687. The molecular formula is C20H21F2N3O6S. The Labute approximate surface area is 183 Å². The van der Waals surface area contributed by atoms with E-state index in [-0.39, 0.29) is 35.0 Å². The Morgan fingerprint density at radius 3 is 2.62 bits per heavy atom. The zero-order chi connectivity index (χ0) is 23.1. The van der Waals surface area contributed by atoms with Crippen LogP contribution in [0.25, 0.3) is 0 Å². The summed E-state index contributed by atoms with van der Waals surface area (Å²) in [6.45, 7) is -1.88. The van der Waals surface area contributed by atoms with Crippen LogP contribution in [0, 0.1) is 0 Å². The topological polar surface area (TPSA) is 107 Å². The number of nitrogens with one attached hydrogen (secondary N) is 1. The van der Waals surface area contributed by atoms with Gasteiger partial charge < -0.3 is 14.2 Å². The number of halogens is 2. The summed E-state index contributed by atoms with van der Waals surface area (Å²) >= 11 is 0. The molecule has 1 amide bonds. The van der Waals surface area contributed by atoms with Crippen LogP contribution in [-0.2, 0) is 14.8 Å². The van der Waals surface area contributed by atoms with Crippen LogP contribution in [0.3, 0.4) is 0 Å². The first-order valence-electron chi connectivity index (χ1n) is 9.45. The van der Waals surface area contributed by atoms with Crippen LogP contribution in [0.15, 0.2) is 52.5 Å². The Balaban J connectivity index is 1.69. The van der Waals surface area contributed by atoms with E-state index in [2.05, 4.69) is 15.3 Å². The number of alkyl halides is 2. The molecule has 0 atom stereocenters. The number of methoxy groups -OCH3 is 1. The average molecular weight is 469 g/mol. The fourth-order valence-corrected chi connectivity index (χ4v) is 4.38. The van der Waals surface area contributed by atoms with E-state index < -0.39 is 22.5 Å². The van der Waals surface area contributed by atoms with Crippen LogP contribution in [0.5, 0.6) is 11.5 Å². The molecule has 0 aromatic heterocycles. The highest BCUT2D eigenvalue weighted by atomic mass is 32.2. The maximum absolute atomic E-state index is 12.8. The van der Waals surface area contributed by atoms with Crippen molar-refractivity contribution >= 4 is 22.1 Å². The van der Waals surface area contributed by atoms with E-state index in [0.717, 1.165) is 0 Å². The largest absolute Gasteiger partial charge is 0.493 e. The van der Waals surface area contributed by atoms with Gasteiger partial charge in [-0.05, 0) is 42.0 Å². The van der Waals surface area contributed by atoms with E-state index in [4.69, 9.17) is 9.47 Å². The third-order valence-electron chi connectivity index (χ3n) is 4.49. The number of nitrogens with zero attached hydrogens (tertiary/aromatic N) is 2. The Bertz CT molecular complexity index is 1090. The minimum Gasteiger partial charge on any atom is -0.493 e. The van der Waals surface area contributed by atoms with E-state index >= 15 is 0 Å². The molecule has 1 aliphatic rings. The lowest BCUT2D eigenvalue weighted by molar-refractivity contribution is -0.0512.